The van der Waals surface area contributed by atoms with E-state index in [1.807, 2.05) is 18.3 Å². The summed E-state index contributed by atoms with van der Waals surface area (Å²) in [5.41, 5.74) is 1.99. The van der Waals surface area contributed by atoms with E-state index >= 15 is 0 Å². The van der Waals surface area contributed by atoms with E-state index in [1.165, 1.54) is 5.56 Å². The Labute approximate surface area is 200 Å². The van der Waals surface area contributed by atoms with Crippen molar-refractivity contribution in [2.75, 3.05) is 12.8 Å². The lowest BCUT2D eigenvalue weighted by Gasteiger charge is -2.27. The molecule has 2 aromatic rings. The number of aromatic nitrogens is 3. The fourth-order valence-electron chi connectivity index (χ4n) is 2.53. The Bertz CT molecular complexity index is 1100. The molecule has 0 aromatic carbocycles. The molecule has 202 valence electrons. The summed E-state index contributed by atoms with van der Waals surface area (Å²) in [7, 11) is -3.19. The quantitative estimate of drug-likeness (QED) is 0.472. The van der Waals surface area contributed by atoms with Gasteiger partial charge in [-0.25, -0.2) is 27.7 Å². The van der Waals surface area contributed by atoms with Crippen molar-refractivity contribution in [2.24, 2.45) is 0 Å². The van der Waals surface area contributed by atoms with Crippen LogP contribution in [0.5, 0.6) is 0 Å². The van der Waals surface area contributed by atoms with Crippen LogP contribution in [0.4, 0.5) is 26.3 Å². The molecule has 3 heterocycles. The number of rotatable bonds is 5. The van der Waals surface area contributed by atoms with E-state index in [2.05, 4.69) is 24.2 Å². The van der Waals surface area contributed by atoms with Crippen LogP contribution in [0, 0.1) is 0 Å². The van der Waals surface area contributed by atoms with Crippen LogP contribution in [0.25, 0.3) is 0 Å². The third-order valence-corrected chi connectivity index (χ3v) is 4.76. The number of nitrogens with one attached hydrogen (secondary N) is 1. The van der Waals surface area contributed by atoms with Gasteiger partial charge in [-0.2, -0.15) is 26.3 Å². The zero-order valence-corrected chi connectivity index (χ0v) is 19.2. The lowest BCUT2D eigenvalue weighted by Crippen LogP contribution is -2.33. The molecular formula is C18H21F6N5O6S. The predicted octanol–water partition coefficient (Wildman–Crippen LogP) is 1.61. The van der Waals surface area contributed by atoms with Gasteiger partial charge in [0, 0.05) is 38.2 Å². The Kier molecular flexibility index (Phi) is 10.8. The van der Waals surface area contributed by atoms with Gasteiger partial charge in [-0.1, -0.05) is 0 Å². The Morgan fingerprint density at radius 2 is 1.53 bits per heavy atom. The van der Waals surface area contributed by atoms with Crippen molar-refractivity contribution in [3.05, 3.63) is 47.8 Å². The van der Waals surface area contributed by atoms with Crippen molar-refractivity contribution >= 4 is 22.0 Å². The molecule has 0 aliphatic carbocycles. The number of fused-ring (bicyclic) bond motifs is 1. The number of carboxylic acid groups (broad SMARTS) is 2. The molecule has 0 bridgehead atoms. The molecular weight excluding hydrogens is 528 g/mol. The number of hydrogen-bond acceptors (Lipinski definition) is 7. The predicted molar refractivity (Wildman–Crippen MR) is 110 cm³/mol. The second kappa shape index (κ2) is 12.6. The molecule has 0 atom stereocenters. The van der Waals surface area contributed by atoms with Gasteiger partial charge in [0.1, 0.15) is 5.82 Å². The number of sulfonamides is 1. The second-order valence-corrected chi connectivity index (χ2v) is 8.94. The summed E-state index contributed by atoms with van der Waals surface area (Å²) in [6.45, 7) is 3.69. The van der Waals surface area contributed by atoms with Crippen LogP contribution in [-0.2, 0) is 45.8 Å². The number of hydrogen-bond donors (Lipinski definition) is 3. The zero-order valence-electron chi connectivity index (χ0n) is 18.4. The second-order valence-electron chi connectivity index (χ2n) is 7.11. The Morgan fingerprint density at radius 1 is 1.03 bits per heavy atom. The highest BCUT2D eigenvalue weighted by Crippen LogP contribution is 2.16. The minimum absolute atomic E-state index is 0.239. The van der Waals surface area contributed by atoms with Crippen LogP contribution in [0.1, 0.15) is 17.1 Å². The van der Waals surface area contributed by atoms with E-state index in [1.54, 1.807) is 12.4 Å². The number of carbonyl (C=O) groups is 2. The van der Waals surface area contributed by atoms with Crippen molar-refractivity contribution in [1.82, 2.24) is 24.2 Å². The highest BCUT2D eigenvalue weighted by atomic mass is 32.2. The first-order chi connectivity index (χ1) is 16.4. The van der Waals surface area contributed by atoms with Crippen molar-refractivity contribution in [1.29, 1.82) is 0 Å². The minimum Gasteiger partial charge on any atom is -0.475 e. The summed E-state index contributed by atoms with van der Waals surface area (Å²) >= 11 is 0. The average Bonchev–Trinajstić information content (AvgIpc) is 3.14. The van der Waals surface area contributed by atoms with E-state index < -0.39 is 34.3 Å². The summed E-state index contributed by atoms with van der Waals surface area (Å²) < 4.78 is 90.3. The van der Waals surface area contributed by atoms with E-state index in [-0.39, 0.29) is 6.54 Å². The third-order valence-electron chi connectivity index (χ3n) is 4.09. The SMILES string of the molecule is CS(=O)(=O)NCc1cn2c(n1)CN(Cc1ccncc1)CC2.O=C(O)C(F)(F)F.O=C(O)C(F)(F)F. The smallest absolute Gasteiger partial charge is 0.475 e. The summed E-state index contributed by atoms with van der Waals surface area (Å²) in [5.74, 6) is -4.54. The lowest BCUT2D eigenvalue weighted by molar-refractivity contribution is -0.193. The molecule has 1 aliphatic heterocycles. The molecule has 18 heteroatoms. The van der Waals surface area contributed by atoms with Crippen molar-refractivity contribution in [2.45, 2.75) is 38.5 Å². The molecule has 0 unspecified atom stereocenters. The van der Waals surface area contributed by atoms with Crippen molar-refractivity contribution in [3.8, 4) is 0 Å². The molecule has 3 rings (SSSR count). The van der Waals surface area contributed by atoms with Gasteiger partial charge in [0.15, 0.2) is 0 Å². The van der Waals surface area contributed by atoms with Gasteiger partial charge in [-0.05, 0) is 17.7 Å². The molecule has 0 saturated heterocycles. The molecule has 0 amide bonds. The first kappa shape index (κ1) is 30.8. The largest absolute Gasteiger partial charge is 0.490 e. The van der Waals surface area contributed by atoms with Gasteiger partial charge in [0.05, 0.1) is 25.0 Å². The topological polar surface area (TPSA) is 155 Å². The molecule has 0 radical (unpaired) electrons. The van der Waals surface area contributed by atoms with Gasteiger partial charge in [0.25, 0.3) is 0 Å². The maximum absolute atomic E-state index is 11.1. The number of aliphatic carboxylic acids is 2. The average molecular weight is 549 g/mol. The van der Waals surface area contributed by atoms with Gasteiger partial charge in [-0.15, -0.1) is 0 Å². The van der Waals surface area contributed by atoms with E-state index in [0.29, 0.717) is 0 Å². The van der Waals surface area contributed by atoms with Crippen molar-refractivity contribution in [3.63, 3.8) is 0 Å². The summed E-state index contributed by atoms with van der Waals surface area (Å²) in [4.78, 5) is 28.7. The van der Waals surface area contributed by atoms with Gasteiger partial charge in [-0.3, -0.25) is 9.88 Å². The number of carboxylic acids is 2. The monoisotopic (exact) mass is 549 g/mol. The number of halogens is 6. The van der Waals surface area contributed by atoms with Crippen LogP contribution in [0.2, 0.25) is 0 Å². The van der Waals surface area contributed by atoms with Gasteiger partial charge in [0.2, 0.25) is 10.0 Å². The Balaban J connectivity index is 0.000000383. The van der Waals surface area contributed by atoms with E-state index in [4.69, 9.17) is 19.8 Å². The van der Waals surface area contributed by atoms with E-state index in [0.717, 1.165) is 44.0 Å². The maximum Gasteiger partial charge on any atom is 0.490 e. The Hall–Kier alpha value is -3.25. The van der Waals surface area contributed by atoms with Crippen LogP contribution in [0.15, 0.2) is 30.7 Å². The number of pyridine rings is 1. The zero-order chi connectivity index (χ0) is 27.7. The van der Waals surface area contributed by atoms with Crippen LogP contribution < -0.4 is 4.72 Å². The van der Waals surface area contributed by atoms with Gasteiger partial charge < -0.3 is 14.8 Å². The van der Waals surface area contributed by atoms with Crippen LogP contribution in [0.3, 0.4) is 0 Å². The highest BCUT2D eigenvalue weighted by molar-refractivity contribution is 7.88. The van der Waals surface area contributed by atoms with Crippen LogP contribution >= 0.6 is 0 Å². The van der Waals surface area contributed by atoms with E-state index in [9.17, 15) is 34.8 Å². The first-order valence-electron chi connectivity index (χ1n) is 9.59. The fraction of sp³-hybridized carbons (Fsp3) is 0.444. The summed E-state index contributed by atoms with van der Waals surface area (Å²) in [6.07, 6.45) is -3.49. The molecule has 0 fully saturated rings. The molecule has 2 aromatic heterocycles. The number of alkyl halides is 6. The molecule has 1 aliphatic rings. The number of nitrogens with zero attached hydrogens (tertiary/aromatic N) is 4. The Morgan fingerprint density at radius 3 is 1.97 bits per heavy atom. The lowest BCUT2D eigenvalue weighted by atomic mass is 10.2. The number of imidazole rings is 1. The summed E-state index contributed by atoms with van der Waals surface area (Å²) in [6, 6.07) is 4.03. The molecule has 0 saturated carbocycles. The van der Waals surface area contributed by atoms with Gasteiger partial charge >= 0.3 is 24.3 Å². The molecule has 36 heavy (non-hydrogen) atoms. The minimum atomic E-state index is -5.08. The third kappa shape index (κ3) is 11.9. The standard InChI is InChI=1S/C14H19N5O2S.2C2HF3O2/c1-22(20,21)16-8-13-10-19-7-6-18(11-14(19)17-13)9-12-2-4-15-5-3-12;2*3-2(4,5)1(6)7/h2-5,10,16H,6-9,11H2,1H3;2*(H,6,7). The molecule has 3 N–H and O–H groups in total. The van der Waals surface area contributed by atoms with Crippen LogP contribution in [-0.4, -0.2) is 75.2 Å². The highest BCUT2D eigenvalue weighted by Gasteiger charge is 2.38. The maximum atomic E-state index is 11.1. The molecule has 0 spiro atoms. The summed E-state index contributed by atoms with van der Waals surface area (Å²) in [5, 5.41) is 14.2. The van der Waals surface area contributed by atoms with Crippen molar-refractivity contribution < 1.29 is 54.6 Å². The fourth-order valence-corrected chi connectivity index (χ4v) is 2.94. The molecule has 11 nitrogen and oxygen atoms in total. The first-order valence-corrected chi connectivity index (χ1v) is 11.5. The normalized spacial score (nSPS) is 14.0.